The highest BCUT2D eigenvalue weighted by Crippen LogP contribution is 2.33. The van der Waals surface area contributed by atoms with E-state index in [1.54, 1.807) is 16.7 Å². The number of nitrogens with zero attached hydrogens (tertiary/aromatic N) is 1. The Hall–Kier alpha value is -0.530. The second-order valence-electron chi connectivity index (χ2n) is 6.26. The summed E-state index contributed by atoms with van der Waals surface area (Å²) in [4.78, 5) is 15.1. The maximum Gasteiger partial charge on any atom is 0.232 e. The average Bonchev–Trinajstić information content (AvgIpc) is 3.19. The van der Waals surface area contributed by atoms with Crippen LogP contribution in [0.15, 0.2) is 17.5 Å². The number of rotatable bonds is 4. The van der Waals surface area contributed by atoms with Crippen LogP contribution in [0.5, 0.6) is 0 Å². The Labute approximate surface area is 146 Å². The maximum atomic E-state index is 12.5. The molecule has 0 N–H and O–H groups in total. The normalized spacial score (nSPS) is 25.4. The summed E-state index contributed by atoms with van der Waals surface area (Å²) >= 11 is 3.24. The first-order valence-electron chi connectivity index (χ1n) is 8.20. The third-order valence-corrected chi connectivity index (χ3v) is 9.30. The van der Waals surface area contributed by atoms with Crippen molar-refractivity contribution in [1.29, 1.82) is 0 Å². The Morgan fingerprint density at radius 1 is 1.26 bits per heavy atom. The van der Waals surface area contributed by atoms with Crippen LogP contribution in [-0.2, 0) is 14.6 Å². The van der Waals surface area contributed by atoms with Gasteiger partial charge in [-0.15, -0.1) is 23.1 Å². The molecule has 1 amide bonds. The topological polar surface area (TPSA) is 54.5 Å². The van der Waals surface area contributed by atoms with Gasteiger partial charge in [-0.3, -0.25) is 4.79 Å². The molecule has 1 aromatic heterocycles. The zero-order valence-electron chi connectivity index (χ0n) is 13.1. The fourth-order valence-corrected chi connectivity index (χ4v) is 7.55. The predicted molar refractivity (Wildman–Crippen MR) is 96.8 cm³/mol. The van der Waals surface area contributed by atoms with Crippen LogP contribution < -0.4 is 0 Å². The third-order valence-electron chi connectivity index (χ3n) is 4.70. The molecule has 3 rings (SSSR count). The van der Waals surface area contributed by atoms with E-state index < -0.39 is 15.1 Å². The van der Waals surface area contributed by atoms with Gasteiger partial charge >= 0.3 is 0 Å². The number of carbonyl (C=O) groups is 1. The monoisotopic (exact) mass is 373 g/mol. The Morgan fingerprint density at radius 3 is 2.74 bits per heavy atom. The lowest BCUT2D eigenvalue weighted by molar-refractivity contribution is -0.128. The molecule has 1 unspecified atom stereocenters. The van der Waals surface area contributed by atoms with E-state index in [2.05, 4.69) is 0 Å². The van der Waals surface area contributed by atoms with Gasteiger partial charge < -0.3 is 4.90 Å². The van der Waals surface area contributed by atoms with Crippen molar-refractivity contribution in [3.63, 3.8) is 0 Å². The van der Waals surface area contributed by atoms with E-state index in [1.807, 2.05) is 17.5 Å². The van der Waals surface area contributed by atoms with E-state index in [9.17, 15) is 13.2 Å². The summed E-state index contributed by atoms with van der Waals surface area (Å²) in [5.74, 6) is 0.674. The molecule has 2 aliphatic rings. The zero-order valence-corrected chi connectivity index (χ0v) is 15.6. The van der Waals surface area contributed by atoms with Crippen LogP contribution in [0.2, 0.25) is 0 Å². The van der Waals surface area contributed by atoms with Gasteiger partial charge in [0.15, 0.2) is 9.84 Å². The molecular weight excluding hydrogens is 350 g/mol. The molecule has 1 saturated heterocycles. The number of amides is 1. The Morgan fingerprint density at radius 2 is 2.04 bits per heavy atom. The van der Waals surface area contributed by atoms with Crippen molar-refractivity contribution in [1.82, 2.24) is 4.90 Å². The lowest BCUT2D eigenvalue weighted by Crippen LogP contribution is -2.35. The van der Waals surface area contributed by atoms with Gasteiger partial charge in [-0.2, -0.15) is 0 Å². The van der Waals surface area contributed by atoms with Crippen molar-refractivity contribution in [2.75, 3.05) is 24.6 Å². The van der Waals surface area contributed by atoms with Gasteiger partial charge in [0.2, 0.25) is 5.91 Å². The number of thioether (sulfide) groups is 1. The Kier molecular flexibility index (Phi) is 5.69. The van der Waals surface area contributed by atoms with Crippen molar-refractivity contribution in [2.45, 2.75) is 42.6 Å². The minimum atomic E-state index is -3.17. The first-order valence-corrected chi connectivity index (χ1v) is 11.8. The standard InChI is InChI=1S/C16H23NO3S3/c18-16(12-22-13-4-1-2-5-13)17-8-7-15(14-6-3-10-21-14)23(19,20)11-9-17/h3,6,10,13,15H,1-2,4-5,7-9,11-12H2. The summed E-state index contributed by atoms with van der Waals surface area (Å²) < 4.78 is 25.0. The predicted octanol–water partition coefficient (Wildman–Crippen LogP) is 3.11. The molecule has 1 aromatic rings. The molecule has 7 heteroatoms. The van der Waals surface area contributed by atoms with Gasteiger partial charge in [0, 0.05) is 23.2 Å². The molecule has 2 fully saturated rings. The summed E-state index contributed by atoms with van der Waals surface area (Å²) in [5.41, 5.74) is 0. The summed E-state index contributed by atoms with van der Waals surface area (Å²) in [6.45, 7) is 0.889. The highest BCUT2D eigenvalue weighted by atomic mass is 32.2. The Balaban J connectivity index is 1.59. The number of sulfone groups is 1. The molecule has 0 bridgehead atoms. The van der Waals surface area contributed by atoms with Gasteiger partial charge in [-0.05, 0) is 30.7 Å². The van der Waals surface area contributed by atoms with Crippen LogP contribution in [0, 0.1) is 0 Å². The fourth-order valence-electron chi connectivity index (χ4n) is 3.32. The number of carbonyl (C=O) groups excluding carboxylic acids is 1. The fraction of sp³-hybridized carbons (Fsp3) is 0.688. The van der Waals surface area contributed by atoms with Gasteiger partial charge in [0.05, 0.1) is 16.8 Å². The van der Waals surface area contributed by atoms with Crippen LogP contribution in [0.4, 0.5) is 0 Å². The lowest BCUT2D eigenvalue weighted by atomic mass is 10.2. The van der Waals surface area contributed by atoms with Crippen LogP contribution in [0.1, 0.15) is 42.2 Å². The molecule has 4 nitrogen and oxygen atoms in total. The van der Waals surface area contributed by atoms with Crippen LogP contribution in [0.25, 0.3) is 0 Å². The number of thiophene rings is 1. The van der Waals surface area contributed by atoms with E-state index in [4.69, 9.17) is 0 Å². The summed E-state index contributed by atoms with van der Waals surface area (Å²) in [6.07, 6.45) is 5.49. The molecule has 1 aliphatic heterocycles. The molecule has 0 aromatic carbocycles. The highest BCUT2D eigenvalue weighted by Gasteiger charge is 2.33. The van der Waals surface area contributed by atoms with Crippen molar-refractivity contribution < 1.29 is 13.2 Å². The van der Waals surface area contributed by atoms with Crippen molar-refractivity contribution in [3.8, 4) is 0 Å². The summed E-state index contributed by atoms with van der Waals surface area (Å²) in [5, 5.41) is 2.09. The molecule has 1 saturated carbocycles. The quantitative estimate of drug-likeness (QED) is 0.814. The van der Waals surface area contributed by atoms with Crippen molar-refractivity contribution in [2.24, 2.45) is 0 Å². The number of hydrogen-bond acceptors (Lipinski definition) is 5. The lowest BCUT2D eigenvalue weighted by Gasteiger charge is -2.20. The third kappa shape index (κ3) is 4.31. The minimum absolute atomic E-state index is 0.0788. The summed E-state index contributed by atoms with van der Waals surface area (Å²) in [7, 11) is -3.17. The second kappa shape index (κ2) is 7.57. The van der Waals surface area contributed by atoms with Crippen molar-refractivity contribution in [3.05, 3.63) is 22.4 Å². The van der Waals surface area contributed by atoms with Gasteiger partial charge in [-0.1, -0.05) is 18.9 Å². The molecule has 1 atom stereocenters. The largest absolute Gasteiger partial charge is 0.341 e. The maximum absolute atomic E-state index is 12.5. The molecule has 2 heterocycles. The zero-order chi connectivity index (χ0) is 16.3. The van der Waals surface area contributed by atoms with E-state index in [0.29, 0.717) is 30.5 Å². The molecule has 128 valence electrons. The SMILES string of the molecule is O=C(CSC1CCCC1)N1CCC(c2cccs2)S(=O)(=O)CC1. The molecule has 1 aliphatic carbocycles. The second-order valence-corrected chi connectivity index (χ2v) is 10.8. The Bertz CT molecular complexity index is 621. The smallest absolute Gasteiger partial charge is 0.232 e. The summed E-state index contributed by atoms with van der Waals surface area (Å²) in [6, 6.07) is 3.78. The van der Waals surface area contributed by atoms with Crippen molar-refractivity contribution >= 4 is 38.8 Å². The number of hydrogen-bond donors (Lipinski definition) is 0. The van der Waals surface area contributed by atoms with Crippen LogP contribution >= 0.6 is 23.1 Å². The average molecular weight is 374 g/mol. The first kappa shape index (κ1) is 17.3. The highest BCUT2D eigenvalue weighted by molar-refractivity contribution is 8.00. The molecule has 23 heavy (non-hydrogen) atoms. The molecular formula is C16H23NO3S3. The van der Waals surface area contributed by atoms with E-state index in [0.717, 1.165) is 4.88 Å². The van der Waals surface area contributed by atoms with Crippen LogP contribution in [0.3, 0.4) is 0 Å². The van der Waals surface area contributed by atoms with Gasteiger partial charge in [0.1, 0.15) is 0 Å². The van der Waals surface area contributed by atoms with Gasteiger partial charge in [0.25, 0.3) is 0 Å². The van der Waals surface area contributed by atoms with E-state index in [1.165, 1.54) is 37.0 Å². The molecule has 0 radical (unpaired) electrons. The van der Waals surface area contributed by atoms with E-state index >= 15 is 0 Å². The van der Waals surface area contributed by atoms with E-state index in [-0.39, 0.29) is 11.7 Å². The van der Waals surface area contributed by atoms with Crippen LogP contribution in [-0.4, -0.2) is 49.1 Å². The molecule has 0 spiro atoms. The minimum Gasteiger partial charge on any atom is -0.341 e. The van der Waals surface area contributed by atoms with Gasteiger partial charge in [-0.25, -0.2) is 8.42 Å². The first-order chi connectivity index (χ1) is 11.1.